The molecule has 1 amide bonds. The van der Waals surface area contributed by atoms with Crippen molar-refractivity contribution in [3.8, 4) is 0 Å². The van der Waals surface area contributed by atoms with E-state index in [-0.39, 0.29) is 17.7 Å². The van der Waals surface area contributed by atoms with Crippen LogP contribution in [0, 0.1) is 0 Å². The summed E-state index contributed by atoms with van der Waals surface area (Å²) in [6.45, 7) is 2.99. The molecule has 5 nitrogen and oxygen atoms in total. The second-order valence-electron chi connectivity index (χ2n) is 6.07. The van der Waals surface area contributed by atoms with E-state index in [2.05, 4.69) is 55.7 Å². The number of piperidine rings is 1. The highest BCUT2D eigenvalue weighted by Crippen LogP contribution is 2.15. The molecule has 1 aromatic heterocycles. The second-order valence-corrected chi connectivity index (χ2v) is 7.26. The smallest absolute Gasteiger partial charge is 0.293 e. The maximum Gasteiger partial charge on any atom is 0.293 e. The van der Waals surface area contributed by atoms with Gasteiger partial charge in [0.05, 0.1) is 0 Å². The minimum absolute atomic E-state index is 0.230. The first-order valence-corrected chi connectivity index (χ1v) is 9.44. The van der Waals surface area contributed by atoms with Gasteiger partial charge in [-0.05, 0) is 58.7 Å². The summed E-state index contributed by atoms with van der Waals surface area (Å²) in [6.07, 6.45) is 1.99. The molecule has 0 radical (unpaired) electrons. The van der Waals surface area contributed by atoms with Crippen molar-refractivity contribution < 1.29 is 9.21 Å². The minimum atomic E-state index is -0.343. The Morgan fingerprint density at radius 1 is 1.20 bits per heavy atom. The fourth-order valence-corrected chi connectivity index (χ4v) is 3.47. The Hall–Kier alpha value is -1.70. The van der Waals surface area contributed by atoms with Gasteiger partial charge in [-0.2, -0.15) is 0 Å². The molecule has 3 rings (SSSR count). The Kier molecular flexibility index (Phi) is 6.23. The molecule has 1 aliphatic heterocycles. The molecule has 1 aliphatic rings. The van der Waals surface area contributed by atoms with Gasteiger partial charge in [0.1, 0.15) is 0 Å². The Morgan fingerprint density at radius 2 is 1.92 bits per heavy atom. The van der Waals surface area contributed by atoms with Gasteiger partial charge in [-0.1, -0.05) is 30.3 Å². The van der Waals surface area contributed by atoms with E-state index >= 15 is 0 Å². The third-order valence-corrected chi connectivity index (χ3v) is 4.84. The molecular formula is C18H20BrN3O2S. The summed E-state index contributed by atoms with van der Waals surface area (Å²) in [6, 6.07) is 14.0. The normalized spacial score (nSPS) is 15.7. The molecule has 0 bridgehead atoms. The molecule has 1 saturated heterocycles. The van der Waals surface area contributed by atoms with Crippen LogP contribution in [-0.2, 0) is 6.54 Å². The Morgan fingerprint density at radius 3 is 2.56 bits per heavy atom. The van der Waals surface area contributed by atoms with Gasteiger partial charge < -0.3 is 9.73 Å². The lowest BCUT2D eigenvalue weighted by atomic mass is 10.0. The number of hydrogen-bond acceptors (Lipinski definition) is 4. The average Bonchev–Trinajstić information content (AvgIpc) is 3.04. The molecule has 0 saturated carbocycles. The van der Waals surface area contributed by atoms with Crippen LogP contribution in [0.15, 0.2) is 51.6 Å². The Bertz CT molecular complexity index is 727. The van der Waals surface area contributed by atoms with Crippen molar-refractivity contribution in [3.05, 3.63) is 58.5 Å². The highest BCUT2D eigenvalue weighted by molar-refractivity contribution is 9.10. The number of halogens is 1. The molecule has 0 atom stereocenters. The lowest BCUT2D eigenvalue weighted by molar-refractivity contribution is 0.0947. The maximum absolute atomic E-state index is 12.0. The monoisotopic (exact) mass is 421 g/mol. The molecule has 132 valence electrons. The van der Waals surface area contributed by atoms with Crippen LogP contribution in [-0.4, -0.2) is 35.1 Å². The zero-order chi connectivity index (χ0) is 17.6. The summed E-state index contributed by atoms with van der Waals surface area (Å²) < 4.78 is 5.73. The van der Waals surface area contributed by atoms with Crippen molar-refractivity contribution >= 4 is 39.2 Å². The lowest BCUT2D eigenvalue weighted by Crippen LogP contribution is -2.48. The van der Waals surface area contributed by atoms with Crippen molar-refractivity contribution in [2.45, 2.75) is 25.4 Å². The van der Waals surface area contributed by atoms with Crippen LogP contribution in [0.3, 0.4) is 0 Å². The van der Waals surface area contributed by atoms with E-state index in [9.17, 15) is 4.79 Å². The molecule has 0 spiro atoms. The van der Waals surface area contributed by atoms with E-state index in [0.717, 1.165) is 32.5 Å². The molecular weight excluding hydrogens is 402 g/mol. The molecule has 25 heavy (non-hydrogen) atoms. The highest BCUT2D eigenvalue weighted by Gasteiger charge is 2.21. The van der Waals surface area contributed by atoms with Gasteiger partial charge in [-0.25, -0.2) is 0 Å². The third-order valence-electron chi connectivity index (χ3n) is 4.20. The summed E-state index contributed by atoms with van der Waals surface area (Å²) in [5.41, 5.74) is 1.33. The zero-order valence-electron chi connectivity index (χ0n) is 13.7. The molecule has 2 heterocycles. The van der Waals surface area contributed by atoms with Gasteiger partial charge in [0.15, 0.2) is 15.5 Å². The first-order valence-electron chi connectivity index (χ1n) is 8.23. The van der Waals surface area contributed by atoms with Crippen LogP contribution < -0.4 is 10.6 Å². The van der Waals surface area contributed by atoms with E-state index in [1.54, 1.807) is 12.1 Å². The van der Waals surface area contributed by atoms with Gasteiger partial charge in [-0.15, -0.1) is 0 Å². The molecule has 7 heteroatoms. The van der Waals surface area contributed by atoms with Crippen LogP contribution in [0.5, 0.6) is 0 Å². The summed E-state index contributed by atoms with van der Waals surface area (Å²) in [7, 11) is 0. The SMILES string of the molecule is O=C(NC(=S)NC1CCN(Cc2ccccc2)CC1)c1ccc(Br)o1. The van der Waals surface area contributed by atoms with Crippen LogP contribution in [0.2, 0.25) is 0 Å². The molecule has 0 unspecified atom stereocenters. The van der Waals surface area contributed by atoms with Gasteiger partial charge in [0.2, 0.25) is 0 Å². The molecule has 1 aromatic carbocycles. The van der Waals surface area contributed by atoms with Crippen LogP contribution in [0.25, 0.3) is 0 Å². The standard InChI is InChI=1S/C18H20BrN3O2S/c19-16-7-6-15(24-16)17(23)21-18(25)20-14-8-10-22(11-9-14)12-13-4-2-1-3-5-13/h1-7,14H,8-12H2,(H2,20,21,23,25). The van der Waals surface area contributed by atoms with E-state index < -0.39 is 0 Å². The summed E-state index contributed by atoms with van der Waals surface area (Å²) >= 11 is 8.42. The predicted octanol–water partition coefficient (Wildman–Crippen LogP) is 3.31. The van der Waals surface area contributed by atoms with E-state index in [1.807, 2.05) is 6.07 Å². The first-order chi connectivity index (χ1) is 12.1. The second kappa shape index (κ2) is 8.60. The van der Waals surface area contributed by atoms with Crippen molar-refractivity contribution in [3.63, 3.8) is 0 Å². The number of carbonyl (C=O) groups is 1. The Labute approximate surface area is 160 Å². The van der Waals surface area contributed by atoms with Crippen LogP contribution in [0.4, 0.5) is 0 Å². The number of thiocarbonyl (C=S) groups is 1. The van der Waals surface area contributed by atoms with Gasteiger partial charge in [0.25, 0.3) is 5.91 Å². The molecule has 2 aromatic rings. The van der Waals surface area contributed by atoms with Gasteiger partial charge in [0, 0.05) is 25.7 Å². The topological polar surface area (TPSA) is 57.5 Å². The molecule has 0 aliphatic carbocycles. The van der Waals surface area contributed by atoms with E-state index in [0.29, 0.717) is 9.78 Å². The fraction of sp³-hybridized carbons (Fsp3) is 0.333. The van der Waals surface area contributed by atoms with Crippen molar-refractivity contribution in [1.82, 2.24) is 15.5 Å². The van der Waals surface area contributed by atoms with Crippen LogP contribution >= 0.6 is 28.1 Å². The van der Waals surface area contributed by atoms with Gasteiger partial charge in [-0.3, -0.25) is 15.0 Å². The lowest BCUT2D eigenvalue weighted by Gasteiger charge is -2.32. The molecule has 2 N–H and O–H groups in total. The number of nitrogens with zero attached hydrogens (tertiary/aromatic N) is 1. The third kappa shape index (κ3) is 5.39. The fourth-order valence-electron chi connectivity index (χ4n) is 2.90. The number of likely N-dealkylation sites (tertiary alicyclic amines) is 1. The number of rotatable bonds is 4. The molecule has 1 fully saturated rings. The predicted molar refractivity (Wildman–Crippen MR) is 104 cm³/mol. The number of carbonyl (C=O) groups excluding carboxylic acids is 1. The van der Waals surface area contributed by atoms with E-state index in [4.69, 9.17) is 16.6 Å². The van der Waals surface area contributed by atoms with Gasteiger partial charge >= 0.3 is 0 Å². The number of hydrogen-bond donors (Lipinski definition) is 2. The first kappa shape index (κ1) is 18.1. The summed E-state index contributed by atoms with van der Waals surface area (Å²) in [5.74, 6) is -0.113. The maximum atomic E-state index is 12.0. The average molecular weight is 422 g/mol. The van der Waals surface area contributed by atoms with E-state index in [1.165, 1.54) is 5.56 Å². The largest absolute Gasteiger partial charge is 0.444 e. The number of furan rings is 1. The summed E-state index contributed by atoms with van der Waals surface area (Å²) in [5, 5.41) is 6.24. The minimum Gasteiger partial charge on any atom is -0.444 e. The number of amides is 1. The summed E-state index contributed by atoms with van der Waals surface area (Å²) in [4.78, 5) is 14.4. The number of nitrogens with one attached hydrogen (secondary N) is 2. The zero-order valence-corrected chi connectivity index (χ0v) is 16.1. The highest BCUT2D eigenvalue weighted by atomic mass is 79.9. The van der Waals surface area contributed by atoms with Crippen molar-refractivity contribution in [2.24, 2.45) is 0 Å². The number of benzene rings is 1. The van der Waals surface area contributed by atoms with Crippen molar-refractivity contribution in [2.75, 3.05) is 13.1 Å². The Balaban J connectivity index is 1.41. The van der Waals surface area contributed by atoms with Crippen molar-refractivity contribution in [1.29, 1.82) is 0 Å². The van der Waals surface area contributed by atoms with Crippen LogP contribution in [0.1, 0.15) is 29.0 Å². The quantitative estimate of drug-likeness (QED) is 0.741.